The van der Waals surface area contributed by atoms with Crippen molar-refractivity contribution in [2.24, 2.45) is 0 Å². The van der Waals surface area contributed by atoms with Gasteiger partial charge < -0.3 is 5.32 Å². The summed E-state index contributed by atoms with van der Waals surface area (Å²) in [6, 6.07) is 9.36. The molecule has 9 heteroatoms. The number of nitrogens with zero attached hydrogens (tertiary/aromatic N) is 2. The van der Waals surface area contributed by atoms with Crippen LogP contribution in [0.1, 0.15) is 21.6 Å². The van der Waals surface area contributed by atoms with E-state index in [-0.39, 0.29) is 11.4 Å². The van der Waals surface area contributed by atoms with Gasteiger partial charge in [0.2, 0.25) is 0 Å². The Morgan fingerprint density at radius 2 is 1.81 bits per heavy atom. The smallest absolute Gasteiger partial charge is 0.322 e. The second-order valence-electron chi connectivity index (χ2n) is 5.71. The van der Waals surface area contributed by atoms with Gasteiger partial charge in [-0.2, -0.15) is 18.3 Å². The number of aromatic nitrogens is 2. The van der Waals surface area contributed by atoms with Crippen molar-refractivity contribution in [2.45, 2.75) is 13.1 Å². The van der Waals surface area contributed by atoms with Gasteiger partial charge in [0.05, 0.1) is 17.4 Å². The van der Waals surface area contributed by atoms with Crippen LogP contribution in [0.2, 0.25) is 5.02 Å². The molecule has 1 heterocycles. The zero-order chi connectivity index (χ0) is 19.8. The number of carbonyl (C=O) groups excluding carboxylic acids is 1. The number of rotatable bonds is 3. The molecule has 0 radical (unpaired) electrons. The van der Waals surface area contributed by atoms with E-state index in [1.807, 2.05) is 0 Å². The van der Waals surface area contributed by atoms with Crippen LogP contribution in [0.4, 0.5) is 23.2 Å². The number of alkyl halides is 3. The van der Waals surface area contributed by atoms with E-state index in [9.17, 15) is 22.4 Å². The minimum Gasteiger partial charge on any atom is -0.322 e. The van der Waals surface area contributed by atoms with Crippen LogP contribution < -0.4 is 5.32 Å². The van der Waals surface area contributed by atoms with Crippen molar-refractivity contribution in [3.8, 4) is 5.69 Å². The van der Waals surface area contributed by atoms with E-state index in [2.05, 4.69) is 10.4 Å². The molecule has 3 rings (SSSR count). The van der Waals surface area contributed by atoms with Crippen molar-refractivity contribution in [2.75, 3.05) is 5.32 Å². The number of carbonyl (C=O) groups is 1. The molecule has 0 saturated heterocycles. The van der Waals surface area contributed by atoms with Gasteiger partial charge in [0.15, 0.2) is 5.69 Å². The summed E-state index contributed by atoms with van der Waals surface area (Å²) in [7, 11) is 0. The topological polar surface area (TPSA) is 46.9 Å². The number of aryl methyl sites for hydroxylation is 1. The molecule has 0 unspecified atom stereocenters. The number of anilines is 1. The fourth-order valence-electron chi connectivity index (χ4n) is 2.43. The molecule has 2 aromatic carbocycles. The third-order valence-electron chi connectivity index (χ3n) is 3.78. The first-order valence-electron chi connectivity index (χ1n) is 7.65. The van der Waals surface area contributed by atoms with Gasteiger partial charge >= 0.3 is 6.18 Å². The van der Waals surface area contributed by atoms with Crippen molar-refractivity contribution in [3.05, 3.63) is 76.3 Å². The van der Waals surface area contributed by atoms with Crippen LogP contribution in [0, 0.1) is 12.7 Å². The van der Waals surface area contributed by atoms with E-state index < -0.39 is 29.2 Å². The summed E-state index contributed by atoms with van der Waals surface area (Å²) in [6.45, 7) is 1.53. The first kappa shape index (κ1) is 18.9. The lowest BCUT2D eigenvalue weighted by atomic mass is 10.2. The number of nitrogens with one attached hydrogen (secondary N) is 1. The highest BCUT2D eigenvalue weighted by atomic mass is 35.5. The van der Waals surface area contributed by atoms with Crippen LogP contribution in [0.3, 0.4) is 0 Å². The second kappa shape index (κ2) is 7.03. The summed E-state index contributed by atoms with van der Waals surface area (Å²) >= 11 is 5.75. The van der Waals surface area contributed by atoms with Crippen LogP contribution in [0.25, 0.3) is 5.69 Å². The summed E-state index contributed by atoms with van der Waals surface area (Å²) < 4.78 is 55.0. The molecule has 0 saturated carbocycles. The standard InChI is InChI=1S/C18H12ClF4N3O/c1-10-2-5-12(8-15(10)20)25-17(27)14-9-24-26(16(14)18(21,22)23)13-6-3-11(19)4-7-13/h2-9H,1H3,(H,25,27). The van der Waals surface area contributed by atoms with E-state index in [1.165, 1.54) is 43.3 Å². The molecule has 140 valence electrons. The molecule has 0 spiro atoms. The Kier molecular flexibility index (Phi) is 4.93. The van der Waals surface area contributed by atoms with E-state index in [0.29, 0.717) is 15.3 Å². The van der Waals surface area contributed by atoms with Crippen molar-refractivity contribution in [1.82, 2.24) is 9.78 Å². The number of benzene rings is 2. The molecule has 0 aliphatic carbocycles. The summed E-state index contributed by atoms with van der Waals surface area (Å²) in [5.41, 5.74) is -1.45. The van der Waals surface area contributed by atoms with Crippen molar-refractivity contribution >= 4 is 23.2 Å². The normalized spacial score (nSPS) is 11.5. The predicted octanol–water partition coefficient (Wildman–Crippen LogP) is 5.24. The van der Waals surface area contributed by atoms with Crippen LogP contribution in [-0.4, -0.2) is 15.7 Å². The lowest BCUT2D eigenvalue weighted by molar-refractivity contribution is -0.143. The van der Waals surface area contributed by atoms with Crippen molar-refractivity contribution in [1.29, 1.82) is 0 Å². The quantitative estimate of drug-likeness (QED) is 0.614. The van der Waals surface area contributed by atoms with Crippen molar-refractivity contribution < 1.29 is 22.4 Å². The second-order valence-corrected chi connectivity index (χ2v) is 6.15. The van der Waals surface area contributed by atoms with Crippen LogP contribution in [0.5, 0.6) is 0 Å². The minimum atomic E-state index is -4.85. The molecule has 1 amide bonds. The van der Waals surface area contributed by atoms with E-state index in [1.54, 1.807) is 0 Å². The Balaban J connectivity index is 2.01. The lowest BCUT2D eigenvalue weighted by Gasteiger charge is -2.13. The number of halogens is 5. The zero-order valence-electron chi connectivity index (χ0n) is 13.8. The van der Waals surface area contributed by atoms with Crippen molar-refractivity contribution in [3.63, 3.8) is 0 Å². The Morgan fingerprint density at radius 1 is 1.15 bits per heavy atom. The largest absolute Gasteiger partial charge is 0.434 e. The molecule has 0 aliphatic heterocycles. The lowest BCUT2D eigenvalue weighted by Crippen LogP contribution is -2.20. The molecule has 27 heavy (non-hydrogen) atoms. The van der Waals surface area contributed by atoms with Gasteiger partial charge in [-0.15, -0.1) is 0 Å². The molecule has 1 N–H and O–H groups in total. The third kappa shape index (κ3) is 3.95. The summed E-state index contributed by atoms with van der Waals surface area (Å²) in [5, 5.41) is 6.30. The fraction of sp³-hybridized carbons (Fsp3) is 0.111. The van der Waals surface area contributed by atoms with E-state index in [0.717, 1.165) is 12.3 Å². The fourth-order valence-corrected chi connectivity index (χ4v) is 2.56. The molecule has 0 fully saturated rings. The first-order chi connectivity index (χ1) is 12.7. The molecular weight excluding hydrogens is 386 g/mol. The molecule has 1 aromatic heterocycles. The third-order valence-corrected chi connectivity index (χ3v) is 4.04. The predicted molar refractivity (Wildman–Crippen MR) is 92.7 cm³/mol. The van der Waals surface area contributed by atoms with Gasteiger partial charge in [-0.3, -0.25) is 4.79 Å². The first-order valence-corrected chi connectivity index (χ1v) is 8.03. The highest BCUT2D eigenvalue weighted by Crippen LogP contribution is 2.34. The number of amides is 1. The molecule has 0 aliphatic rings. The van der Waals surface area contributed by atoms with Crippen LogP contribution in [-0.2, 0) is 6.18 Å². The highest BCUT2D eigenvalue weighted by Gasteiger charge is 2.40. The average Bonchev–Trinajstić information content (AvgIpc) is 3.04. The van der Waals surface area contributed by atoms with Gasteiger partial charge in [-0.25, -0.2) is 9.07 Å². The molecule has 0 atom stereocenters. The van der Waals surface area contributed by atoms with Gasteiger partial charge in [-0.05, 0) is 48.9 Å². The molecule has 0 bridgehead atoms. The van der Waals surface area contributed by atoms with Crippen LogP contribution >= 0.6 is 11.6 Å². The maximum Gasteiger partial charge on any atom is 0.434 e. The Hall–Kier alpha value is -2.87. The van der Waals surface area contributed by atoms with Gasteiger partial charge in [0.25, 0.3) is 5.91 Å². The van der Waals surface area contributed by atoms with Crippen LogP contribution in [0.15, 0.2) is 48.7 Å². The average molecular weight is 398 g/mol. The Morgan fingerprint density at radius 3 is 2.41 bits per heavy atom. The highest BCUT2D eigenvalue weighted by molar-refractivity contribution is 6.30. The summed E-state index contributed by atoms with van der Waals surface area (Å²) in [5.74, 6) is -1.63. The molecule has 3 aromatic rings. The molecular formula is C18H12ClF4N3O. The van der Waals surface area contributed by atoms with Gasteiger partial charge in [-0.1, -0.05) is 17.7 Å². The number of hydrogen-bond acceptors (Lipinski definition) is 2. The van der Waals surface area contributed by atoms with E-state index >= 15 is 0 Å². The molecule has 4 nitrogen and oxygen atoms in total. The number of hydrogen-bond donors (Lipinski definition) is 1. The summed E-state index contributed by atoms with van der Waals surface area (Å²) in [4.78, 5) is 12.4. The Bertz CT molecular complexity index is 997. The van der Waals surface area contributed by atoms with Gasteiger partial charge in [0, 0.05) is 10.7 Å². The Labute approximate surface area is 156 Å². The monoisotopic (exact) mass is 397 g/mol. The van der Waals surface area contributed by atoms with E-state index in [4.69, 9.17) is 11.6 Å². The maximum absolute atomic E-state index is 13.6. The maximum atomic E-state index is 13.6. The minimum absolute atomic E-state index is 0.0375. The van der Waals surface area contributed by atoms with Gasteiger partial charge in [0.1, 0.15) is 5.82 Å². The SMILES string of the molecule is Cc1ccc(NC(=O)c2cnn(-c3ccc(Cl)cc3)c2C(F)(F)F)cc1F. The zero-order valence-corrected chi connectivity index (χ0v) is 14.6. The summed E-state index contributed by atoms with van der Waals surface area (Å²) in [6.07, 6.45) is -4.03.